The van der Waals surface area contributed by atoms with Crippen LogP contribution < -0.4 is 10.9 Å². The van der Waals surface area contributed by atoms with Crippen molar-refractivity contribution in [1.29, 1.82) is 0 Å². The first-order chi connectivity index (χ1) is 8.15. The molecule has 0 bridgehead atoms. The molecule has 0 aliphatic rings. The first-order valence-electron chi connectivity index (χ1n) is 4.89. The first-order valence-corrected chi connectivity index (χ1v) is 4.89. The van der Waals surface area contributed by atoms with E-state index >= 15 is 0 Å². The lowest BCUT2D eigenvalue weighted by atomic mass is 10.4. The second-order valence-electron chi connectivity index (χ2n) is 3.42. The molecule has 1 N–H and O–H groups in total. The highest BCUT2D eigenvalue weighted by Crippen LogP contribution is 2.06. The summed E-state index contributed by atoms with van der Waals surface area (Å²) in [6, 6.07) is 2.87. The van der Waals surface area contributed by atoms with Crippen molar-refractivity contribution in [3.05, 3.63) is 40.8 Å². The average Bonchev–Trinajstić information content (AvgIpc) is 2.67. The maximum Gasteiger partial charge on any atom is 0.253 e. The van der Waals surface area contributed by atoms with Gasteiger partial charge in [-0.3, -0.25) is 14.2 Å². The Morgan fingerprint density at radius 1 is 1.59 bits per heavy atom. The molecule has 7 nitrogen and oxygen atoms in total. The summed E-state index contributed by atoms with van der Waals surface area (Å²) in [5.74, 6) is 0.552. The van der Waals surface area contributed by atoms with Crippen molar-refractivity contribution in [1.82, 2.24) is 14.7 Å². The minimum Gasteiger partial charge on any atom is -0.360 e. The van der Waals surface area contributed by atoms with Crippen LogP contribution in [0.2, 0.25) is 0 Å². The molecule has 2 aromatic heterocycles. The zero-order chi connectivity index (χ0) is 12.3. The number of nitrogens with zero attached hydrogens (tertiary/aromatic N) is 3. The minimum absolute atomic E-state index is 0.113. The molecule has 0 atom stereocenters. The highest BCUT2D eigenvalue weighted by molar-refractivity contribution is 5.89. The second kappa shape index (κ2) is 4.60. The summed E-state index contributed by atoms with van der Waals surface area (Å²) in [6.07, 6.45) is 2.67. The van der Waals surface area contributed by atoms with Gasteiger partial charge in [0, 0.05) is 18.3 Å². The van der Waals surface area contributed by atoms with E-state index < -0.39 is 0 Å². The maximum atomic E-state index is 11.6. The quantitative estimate of drug-likeness (QED) is 0.818. The van der Waals surface area contributed by atoms with Crippen LogP contribution in [0.3, 0.4) is 0 Å². The topological polar surface area (TPSA) is 90.0 Å². The summed E-state index contributed by atoms with van der Waals surface area (Å²) in [5, 5.41) is 6.12. The van der Waals surface area contributed by atoms with Gasteiger partial charge >= 0.3 is 0 Å². The molecule has 2 heterocycles. The Morgan fingerprint density at radius 2 is 2.41 bits per heavy atom. The monoisotopic (exact) mass is 234 g/mol. The van der Waals surface area contributed by atoms with Gasteiger partial charge in [0.15, 0.2) is 5.82 Å². The fourth-order valence-corrected chi connectivity index (χ4v) is 1.26. The lowest BCUT2D eigenvalue weighted by Gasteiger charge is -2.03. The van der Waals surface area contributed by atoms with E-state index in [4.69, 9.17) is 4.52 Å². The van der Waals surface area contributed by atoms with E-state index in [9.17, 15) is 9.59 Å². The third kappa shape index (κ3) is 2.77. The third-order valence-electron chi connectivity index (χ3n) is 2.00. The van der Waals surface area contributed by atoms with Crippen molar-refractivity contribution in [2.75, 3.05) is 5.32 Å². The van der Waals surface area contributed by atoms with Gasteiger partial charge in [0.05, 0.1) is 6.33 Å². The zero-order valence-electron chi connectivity index (χ0n) is 9.08. The zero-order valence-corrected chi connectivity index (χ0v) is 9.08. The molecule has 2 rings (SSSR count). The van der Waals surface area contributed by atoms with Crippen LogP contribution in [0, 0.1) is 6.92 Å². The van der Waals surface area contributed by atoms with Crippen molar-refractivity contribution in [2.24, 2.45) is 0 Å². The standard InChI is InChI=1S/C10H10N4O3/c1-7-4-8(13-17-7)12-9(15)5-14-6-11-3-2-10(14)16/h2-4,6H,5H2,1H3,(H,12,13,15). The molecule has 0 radical (unpaired) electrons. The third-order valence-corrected chi connectivity index (χ3v) is 2.00. The Balaban J connectivity index is 2.03. The average molecular weight is 234 g/mol. The summed E-state index contributed by atoms with van der Waals surface area (Å²) in [6.45, 7) is 1.60. The van der Waals surface area contributed by atoms with E-state index in [1.165, 1.54) is 23.2 Å². The summed E-state index contributed by atoms with van der Waals surface area (Å²) in [5.41, 5.74) is -0.286. The number of rotatable bonds is 3. The van der Waals surface area contributed by atoms with Crippen LogP contribution in [0.25, 0.3) is 0 Å². The van der Waals surface area contributed by atoms with Crippen LogP contribution in [0.4, 0.5) is 5.82 Å². The van der Waals surface area contributed by atoms with Gasteiger partial charge in [-0.1, -0.05) is 5.16 Å². The molecule has 1 amide bonds. The van der Waals surface area contributed by atoms with Gasteiger partial charge < -0.3 is 9.84 Å². The van der Waals surface area contributed by atoms with E-state index in [1.54, 1.807) is 13.0 Å². The molecule has 2 aromatic rings. The number of aryl methyl sites for hydroxylation is 1. The molecular formula is C10H10N4O3. The van der Waals surface area contributed by atoms with Crippen LogP contribution in [0.15, 0.2) is 34.0 Å². The predicted octanol–water partition coefficient (Wildman–Crippen LogP) is 0.178. The van der Waals surface area contributed by atoms with Crippen molar-refractivity contribution in [3.63, 3.8) is 0 Å². The van der Waals surface area contributed by atoms with Crippen LogP contribution in [-0.4, -0.2) is 20.6 Å². The number of anilines is 1. The molecule has 0 saturated carbocycles. The Labute approximate surface area is 96.1 Å². The highest BCUT2D eigenvalue weighted by atomic mass is 16.5. The van der Waals surface area contributed by atoms with Crippen LogP contribution in [0.5, 0.6) is 0 Å². The maximum absolute atomic E-state index is 11.6. The van der Waals surface area contributed by atoms with Crippen molar-refractivity contribution in [2.45, 2.75) is 13.5 Å². The molecule has 0 aromatic carbocycles. The number of carbonyl (C=O) groups excluding carboxylic acids is 1. The number of amides is 1. The summed E-state index contributed by atoms with van der Waals surface area (Å²) >= 11 is 0. The van der Waals surface area contributed by atoms with E-state index in [1.807, 2.05) is 0 Å². The van der Waals surface area contributed by atoms with Crippen molar-refractivity contribution in [3.8, 4) is 0 Å². The smallest absolute Gasteiger partial charge is 0.253 e. The predicted molar refractivity (Wildman–Crippen MR) is 58.4 cm³/mol. The molecule has 0 unspecified atom stereocenters. The Kier molecular flexibility index (Phi) is 2.99. The summed E-state index contributed by atoms with van der Waals surface area (Å²) < 4.78 is 5.99. The Hall–Kier alpha value is -2.44. The van der Waals surface area contributed by atoms with Gasteiger partial charge in [-0.05, 0) is 6.92 Å². The lowest BCUT2D eigenvalue weighted by molar-refractivity contribution is -0.116. The van der Waals surface area contributed by atoms with Gasteiger partial charge in [0.2, 0.25) is 5.91 Å². The molecule has 0 spiro atoms. The molecule has 0 saturated heterocycles. The van der Waals surface area contributed by atoms with E-state index in [0.717, 1.165) is 0 Å². The fraction of sp³-hybridized carbons (Fsp3) is 0.200. The van der Waals surface area contributed by atoms with E-state index in [-0.39, 0.29) is 18.0 Å². The summed E-state index contributed by atoms with van der Waals surface area (Å²) in [7, 11) is 0. The number of nitrogens with one attached hydrogen (secondary N) is 1. The Bertz CT molecular complexity index is 587. The first kappa shape index (κ1) is 11.1. The van der Waals surface area contributed by atoms with Gasteiger partial charge in [0.1, 0.15) is 12.3 Å². The fourth-order valence-electron chi connectivity index (χ4n) is 1.26. The van der Waals surface area contributed by atoms with Crippen LogP contribution >= 0.6 is 0 Å². The highest BCUT2D eigenvalue weighted by Gasteiger charge is 2.07. The van der Waals surface area contributed by atoms with Gasteiger partial charge in [-0.25, -0.2) is 4.98 Å². The van der Waals surface area contributed by atoms with Gasteiger partial charge in [-0.15, -0.1) is 0 Å². The van der Waals surface area contributed by atoms with Crippen LogP contribution in [0.1, 0.15) is 5.76 Å². The number of hydrogen-bond donors (Lipinski definition) is 1. The van der Waals surface area contributed by atoms with E-state index in [0.29, 0.717) is 11.6 Å². The van der Waals surface area contributed by atoms with Crippen molar-refractivity contribution >= 4 is 11.7 Å². The SMILES string of the molecule is Cc1cc(NC(=O)Cn2cnccc2=O)no1. The van der Waals surface area contributed by atoms with E-state index in [2.05, 4.69) is 15.5 Å². The molecule has 17 heavy (non-hydrogen) atoms. The van der Waals surface area contributed by atoms with Crippen LogP contribution in [-0.2, 0) is 11.3 Å². The Morgan fingerprint density at radius 3 is 3.06 bits per heavy atom. The lowest BCUT2D eigenvalue weighted by Crippen LogP contribution is -2.27. The minimum atomic E-state index is -0.367. The van der Waals surface area contributed by atoms with Crippen molar-refractivity contribution < 1.29 is 9.32 Å². The molecule has 0 aliphatic heterocycles. The molecule has 0 fully saturated rings. The largest absolute Gasteiger partial charge is 0.360 e. The normalized spacial score (nSPS) is 10.2. The second-order valence-corrected chi connectivity index (χ2v) is 3.42. The summed E-state index contributed by atoms with van der Waals surface area (Å²) in [4.78, 5) is 26.6. The van der Waals surface area contributed by atoms with Gasteiger partial charge in [-0.2, -0.15) is 0 Å². The number of aromatic nitrogens is 3. The molecule has 7 heteroatoms. The molecule has 88 valence electrons. The molecular weight excluding hydrogens is 224 g/mol. The number of hydrogen-bond acceptors (Lipinski definition) is 5. The number of carbonyl (C=O) groups is 1. The van der Waals surface area contributed by atoms with Gasteiger partial charge in [0.25, 0.3) is 5.56 Å². The molecule has 0 aliphatic carbocycles.